The van der Waals surface area contributed by atoms with Gasteiger partial charge in [0, 0.05) is 52.8 Å². The minimum absolute atomic E-state index is 0.0978. The van der Waals surface area contributed by atoms with E-state index in [2.05, 4.69) is 45.9 Å². The van der Waals surface area contributed by atoms with Crippen LogP contribution in [0.2, 0.25) is 0 Å². The normalized spacial score (nSPS) is 16.9. The molecule has 0 saturated heterocycles. The Labute approximate surface area is 324 Å². The van der Waals surface area contributed by atoms with Crippen molar-refractivity contribution in [1.82, 2.24) is 0 Å². The molecule has 2 heterocycles. The fraction of sp³-hybridized carbons (Fsp3) is 0.0400. The van der Waals surface area contributed by atoms with Crippen molar-refractivity contribution in [3.8, 4) is 0 Å². The minimum atomic E-state index is -0.335. The number of nitrogens with zero attached hydrogens (tertiary/aromatic N) is 4. The first-order valence-electron chi connectivity index (χ1n) is 18.6. The molecule has 6 nitrogen and oxygen atoms in total. The molecule has 6 heteroatoms. The number of aliphatic hydroxyl groups excluding tert-OH is 1. The van der Waals surface area contributed by atoms with Gasteiger partial charge in [0.05, 0.1) is 33.3 Å². The number of amides is 1. The van der Waals surface area contributed by atoms with E-state index in [-0.39, 0.29) is 11.8 Å². The molecule has 10 rings (SSSR count). The number of aliphatic imine (C=N–C) groups is 2. The van der Waals surface area contributed by atoms with Crippen LogP contribution in [0.5, 0.6) is 0 Å². The molecule has 0 saturated carbocycles. The van der Waals surface area contributed by atoms with Crippen LogP contribution in [0, 0.1) is 0 Å². The summed E-state index contributed by atoms with van der Waals surface area (Å²) in [5.74, 6) is -0.433. The summed E-state index contributed by atoms with van der Waals surface area (Å²) >= 11 is 0. The zero-order valence-corrected chi connectivity index (χ0v) is 30.8. The van der Waals surface area contributed by atoms with Crippen LogP contribution in [-0.2, 0) is 7.05 Å². The van der Waals surface area contributed by atoms with E-state index < -0.39 is 0 Å². The zero-order valence-electron chi connectivity index (χ0n) is 30.8. The third-order valence-electron chi connectivity index (χ3n) is 11.1. The van der Waals surface area contributed by atoms with Crippen LogP contribution in [0.1, 0.15) is 43.7 Å². The molecule has 0 atom stereocenters. The average Bonchev–Trinajstić information content (AvgIpc) is 3.24. The molecule has 2 aliphatic carbocycles. The number of pyridine rings is 1. The number of carbonyl (C=O) groups is 1. The Balaban J connectivity index is 1.25. The summed E-state index contributed by atoms with van der Waals surface area (Å²) in [5, 5.41) is 13.9. The van der Waals surface area contributed by atoms with E-state index in [0.29, 0.717) is 22.6 Å². The van der Waals surface area contributed by atoms with Gasteiger partial charge in [0.15, 0.2) is 0 Å². The summed E-state index contributed by atoms with van der Waals surface area (Å²) < 4.78 is 2.12. The van der Waals surface area contributed by atoms with Crippen LogP contribution in [0.25, 0.3) is 50.7 Å². The Hall–Kier alpha value is -7.44. The Morgan fingerprint density at radius 2 is 0.964 bits per heavy atom. The Bertz CT molecular complexity index is 2930. The number of aromatic nitrogens is 1. The number of carbonyl (C=O) groups excluding carboxylic acids is 1. The van der Waals surface area contributed by atoms with Gasteiger partial charge in [0.2, 0.25) is 16.9 Å². The van der Waals surface area contributed by atoms with E-state index in [0.717, 1.165) is 77.7 Å². The highest BCUT2D eigenvalue weighted by Crippen LogP contribution is 2.46. The summed E-state index contributed by atoms with van der Waals surface area (Å²) in [6.45, 7) is 0. The van der Waals surface area contributed by atoms with Crippen LogP contribution in [0.15, 0.2) is 174 Å². The second-order valence-electron chi connectivity index (χ2n) is 14.2. The molecule has 6 aromatic carbocycles. The third kappa shape index (κ3) is 5.18. The maximum Gasteiger partial charge on any atom is 0.279 e. The lowest BCUT2D eigenvalue weighted by atomic mass is 9.80. The van der Waals surface area contributed by atoms with Gasteiger partial charge in [-0.05, 0) is 58.7 Å². The van der Waals surface area contributed by atoms with Crippen molar-refractivity contribution >= 4 is 79.4 Å². The molecule has 0 fully saturated rings. The third-order valence-corrected chi connectivity index (χ3v) is 11.1. The molecular weight excluding hydrogens is 689 g/mol. The number of fused-ring (bicyclic) bond motifs is 6. The Morgan fingerprint density at radius 1 is 0.536 bits per heavy atom. The topological polar surface area (TPSA) is 69.1 Å². The molecule has 1 aromatic heterocycles. The van der Waals surface area contributed by atoms with Crippen molar-refractivity contribution in [2.24, 2.45) is 17.0 Å². The van der Waals surface area contributed by atoms with Gasteiger partial charge in [-0.15, -0.1) is 0 Å². The number of benzene rings is 6. The van der Waals surface area contributed by atoms with E-state index in [1.807, 2.05) is 148 Å². The van der Waals surface area contributed by atoms with E-state index in [9.17, 15) is 9.90 Å². The zero-order chi connectivity index (χ0) is 37.9. The molecule has 0 unspecified atom stereocenters. The van der Waals surface area contributed by atoms with Gasteiger partial charge in [-0.2, -0.15) is 4.57 Å². The monoisotopic (exact) mass is 723 g/mol. The van der Waals surface area contributed by atoms with Gasteiger partial charge in [-0.25, -0.2) is 9.98 Å². The molecule has 7 aromatic rings. The molecule has 1 amide bonds. The fourth-order valence-electron chi connectivity index (χ4n) is 8.50. The van der Waals surface area contributed by atoms with Crippen molar-refractivity contribution < 1.29 is 14.5 Å². The summed E-state index contributed by atoms with van der Waals surface area (Å²) in [7, 11) is 4.06. The number of aryl methyl sites for hydroxylation is 1. The number of aliphatic hydroxyl groups is 1. The number of rotatable bonds is 2. The largest absolute Gasteiger partial charge is 0.493 e. The second kappa shape index (κ2) is 13.1. The molecular formula is C50H35N4O2+. The first-order valence-corrected chi connectivity index (χ1v) is 18.6. The highest BCUT2D eigenvalue weighted by molar-refractivity contribution is 6.50. The van der Waals surface area contributed by atoms with Gasteiger partial charge < -0.3 is 10.0 Å². The predicted molar refractivity (Wildman–Crippen MR) is 229 cm³/mol. The first-order chi connectivity index (χ1) is 27.5. The van der Waals surface area contributed by atoms with Crippen molar-refractivity contribution in [2.45, 2.75) is 0 Å². The highest BCUT2D eigenvalue weighted by atomic mass is 16.3. The Kier molecular flexibility index (Phi) is 7.78. The van der Waals surface area contributed by atoms with Crippen molar-refractivity contribution in [3.05, 3.63) is 203 Å². The van der Waals surface area contributed by atoms with Crippen LogP contribution < -0.4 is 9.47 Å². The lowest BCUT2D eigenvalue weighted by Gasteiger charge is -2.31. The number of hydrogen-bond acceptors (Lipinski definition) is 4. The summed E-state index contributed by atoms with van der Waals surface area (Å²) in [6.07, 6.45) is 7.92. The fourth-order valence-corrected chi connectivity index (χ4v) is 8.50. The molecule has 1 N–H and O–H groups in total. The molecule has 3 aliphatic rings. The second-order valence-corrected chi connectivity index (χ2v) is 14.2. The van der Waals surface area contributed by atoms with Crippen LogP contribution >= 0.6 is 0 Å². The van der Waals surface area contributed by atoms with Gasteiger partial charge >= 0.3 is 0 Å². The minimum Gasteiger partial charge on any atom is -0.493 e. The number of para-hydroxylation sites is 4. The van der Waals surface area contributed by atoms with Crippen molar-refractivity contribution in [3.63, 3.8) is 0 Å². The number of anilines is 2. The lowest BCUT2D eigenvalue weighted by molar-refractivity contribution is -0.617. The van der Waals surface area contributed by atoms with Crippen molar-refractivity contribution in [1.29, 1.82) is 0 Å². The highest BCUT2D eigenvalue weighted by Gasteiger charge is 2.31. The van der Waals surface area contributed by atoms with Crippen LogP contribution in [0.3, 0.4) is 0 Å². The van der Waals surface area contributed by atoms with Gasteiger partial charge in [-0.3, -0.25) is 4.79 Å². The number of hydrogen-bond donors (Lipinski definition) is 1. The first kappa shape index (κ1) is 33.2. The van der Waals surface area contributed by atoms with Crippen LogP contribution in [0.4, 0.5) is 11.4 Å². The summed E-state index contributed by atoms with van der Waals surface area (Å²) in [5.41, 5.74) is 13.3. The maximum absolute atomic E-state index is 14.8. The standard InChI is InChI=1S/C50H34N4O2/c1-53-41-23-11-7-19-35(41)45(36-20-8-12-24-42(36)53)49(55)51-39-29-27-31-15-3-5-17-33(31)47(39)48-34-18-6-4-16-32(34)28-30-40(48)52-50(56)46-37-21-9-13-25-43(37)54(2)44-26-14-10-22-38(44)46/h3-30H,1-2H3/p+1. The number of allylic oxidation sites excluding steroid dienone is 4. The van der Waals surface area contributed by atoms with E-state index in [1.54, 1.807) is 0 Å². The molecule has 1 aliphatic heterocycles. The van der Waals surface area contributed by atoms with Crippen LogP contribution in [-0.4, -0.2) is 29.5 Å². The SMILES string of the molecule is CN1c2ccccc2C(=C(O)N=C2C=Cc3ccccc3C2=C2C(=NC(=O)c3c4ccccc4[n+](C)c4ccccc34)C=Cc3ccccc32)c2ccccc21. The molecule has 56 heavy (non-hydrogen) atoms. The molecule has 0 radical (unpaired) electrons. The van der Waals surface area contributed by atoms with Gasteiger partial charge in [0.1, 0.15) is 7.05 Å². The van der Waals surface area contributed by atoms with E-state index in [4.69, 9.17) is 9.98 Å². The van der Waals surface area contributed by atoms with Crippen molar-refractivity contribution in [2.75, 3.05) is 11.9 Å². The van der Waals surface area contributed by atoms with Gasteiger partial charge in [0.25, 0.3) is 5.91 Å². The average molecular weight is 724 g/mol. The maximum atomic E-state index is 14.8. The predicted octanol–water partition coefficient (Wildman–Crippen LogP) is 10.6. The molecule has 266 valence electrons. The summed E-state index contributed by atoms with van der Waals surface area (Å²) in [4.78, 5) is 27.1. The van der Waals surface area contributed by atoms with Gasteiger partial charge in [-0.1, -0.05) is 121 Å². The lowest BCUT2D eigenvalue weighted by Crippen LogP contribution is -2.31. The quantitative estimate of drug-likeness (QED) is 0.110. The molecule has 0 spiro atoms. The molecule has 0 bridgehead atoms. The summed E-state index contributed by atoms with van der Waals surface area (Å²) in [6, 6.07) is 48.4. The Morgan fingerprint density at radius 3 is 1.50 bits per heavy atom. The van der Waals surface area contributed by atoms with E-state index in [1.165, 1.54) is 0 Å². The smallest absolute Gasteiger partial charge is 0.279 e. The van der Waals surface area contributed by atoms with E-state index >= 15 is 0 Å².